The van der Waals surface area contributed by atoms with E-state index >= 15 is 0 Å². The van der Waals surface area contributed by atoms with E-state index in [0.717, 1.165) is 32.7 Å². The van der Waals surface area contributed by atoms with E-state index in [1.165, 1.54) is 38.5 Å². The molecule has 0 aromatic carbocycles. The van der Waals surface area contributed by atoms with Gasteiger partial charge in [0.1, 0.15) is 0 Å². The topological polar surface area (TPSA) is 44.5 Å². The minimum Gasteiger partial charge on any atom is -0.381 e. The second-order valence-electron chi connectivity index (χ2n) is 6.52. The lowest BCUT2D eigenvalue weighted by Gasteiger charge is -2.43. The zero-order valence-electron chi connectivity index (χ0n) is 11.4. The lowest BCUT2D eigenvalue weighted by atomic mass is 9.75. The zero-order valence-corrected chi connectivity index (χ0v) is 11.4. The van der Waals surface area contributed by atoms with Gasteiger partial charge in [-0.2, -0.15) is 0 Å². The van der Waals surface area contributed by atoms with Gasteiger partial charge in [-0.1, -0.05) is 12.8 Å². The minimum absolute atomic E-state index is 0.214. The van der Waals surface area contributed by atoms with Gasteiger partial charge in [0.2, 0.25) is 0 Å². The molecule has 1 spiro atoms. The number of rotatable bonds is 2. The smallest absolute Gasteiger partial charge is 0.0685 e. The van der Waals surface area contributed by atoms with Crippen molar-refractivity contribution in [3.63, 3.8) is 0 Å². The van der Waals surface area contributed by atoms with Gasteiger partial charge in [0.05, 0.1) is 5.60 Å². The molecule has 1 aliphatic carbocycles. The molecule has 0 aromatic rings. The molecule has 0 amide bonds. The Labute approximate surface area is 110 Å². The third kappa shape index (κ3) is 2.59. The first-order chi connectivity index (χ1) is 8.79. The maximum absolute atomic E-state index is 6.56. The first kappa shape index (κ1) is 12.9. The third-order valence-corrected chi connectivity index (χ3v) is 5.40. The first-order valence-electron chi connectivity index (χ1n) is 7.76. The molecule has 1 saturated carbocycles. The van der Waals surface area contributed by atoms with E-state index in [9.17, 15) is 0 Å². The molecule has 3 heteroatoms. The lowest BCUT2D eigenvalue weighted by Crippen LogP contribution is -2.47. The molecular weight excluding hydrogens is 226 g/mol. The first-order valence-corrected chi connectivity index (χ1v) is 7.76. The fourth-order valence-corrected chi connectivity index (χ4v) is 4.25. The summed E-state index contributed by atoms with van der Waals surface area (Å²) in [6.07, 6.45) is 9.93. The van der Waals surface area contributed by atoms with Gasteiger partial charge < -0.3 is 15.2 Å². The van der Waals surface area contributed by atoms with Crippen LogP contribution < -0.4 is 5.73 Å². The van der Waals surface area contributed by atoms with Crippen molar-refractivity contribution in [2.45, 2.75) is 63.0 Å². The highest BCUT2D eigenvalue weighted by atomic mass is 16.5. The third-order valence-electron chi connectivity index (χ3n) is 5.40. The van der Waals surface area contributed by atoms with Crippen LogP contribution in [0.25, 0.3) is 0 Å². The Morgan fingerprint density at radius 3 is 2.33 bits per heavy atom. The van der Waals surface area contributed by atoms with Crippen molar-refractivity contribution in [2.75, 3.05) is 19.8 Å². The number of hydrogen-bond donors (Lipinski definition) is 1. The van der Waals surface area contributed by atoms with Gasteiger partial charge in [0, 0.05) is 25.9 Å². The predicted octanol–water partition coefficient (Wildman–Crippen LogP) is 2.48. The average Bonchev–Trinajstić information content (AvgIpc) is 2.87. The summed E-state index contributed by atoms with van der Waals surface area (Å²) in [4.78, 5) is 0. The van der Waals surface area contributed by atoms with Gasteiger partial charge in [-0.05, 0) is 50.4 Å². The second kappa shape index (κ2) is 5.48. The van der Waals surface area contributed by atoms with Gasteiger partial charge in [-0.25, -0.2) is 0 Å². The highest BCUT2D eigenvalue weighted by Gasteiger charge is 2.42. The summed E-state index contributed by atoms with van der Waals surface area (Å²) in [5.41, 5.74) is 6.78. The van der Waals surface area contributed by atoms with Crippen molar-refractivity contribution < 1.29 is 9.47 Å². The maximum atomic E-state index is 6.56. The molecule has 3 fully saturated rings. The molecule has 2 heterocycles. The standard InChI is InChI=1S/C15H27NO2/c16-14(12-3-8-17-9-4-12)13-5-10-18-15(11-13)6-1-2-7-15/h12-14H,1-11,16H2. The van der Waals surface area contributed by atoms with Crippen molar-refractivity contribution in [1.29, 1.82) is 0 Å². The van der Waals surface area contributed by atoms with Gasteiger partial charge in [-0.3, -0.25) is 0 Å². The largest absolute Gasteiger partial charge is 0.381 e. The Bertz CT molecular complexity index is 270. The number of hydrogen-bond acceptors (Lipinski definition) is 3. The summed E-state index contributed by atoms with van der Waals surface area (Å²) in [6, 6.07) is 0.371. The Kier molecular flexibility index (Phi) is 3.92. The van der Waals surface area contributed by atoms with Crippen LogP contribution in [0.15, 0.2) is 0 Å². The quantitative estimate of drug-likeness (QED) is 0.822. The highest BCUT2D eigenvalue weighted by Crippen LogP contribution is 2.43. The van der Waals surface area contributed by atoms with Gasteiger partial charge >= 0.3 is 0 Å². The predicted molar refractivity (Wildman–Crippen MR) is 71.4 cm³/mol. The molecule has 0 aromatic heterocycles. The maximum Gasteiger partial charge on any atom is 0.0685 e. The average molecular weight is 253 g/mol. The fraction of sp³-hybridized carbons (Fsp3) is 1.00. The molecule has 2 saturated heterocycles. The van der Waals surface area contributed by atoms with Crippen molar-refractivity contribution in [1.82, 2.24) is 0 Å². The van der Waals surface area contributed by atoms with Crippen LogP contribution in [0.4, 0.5) is 0 Å². The molecule has 3 rings (SSSR count). The molecule has 3 aliphatic rings. The molecule has 2 aliphatic heterocycles. The SMILES string of the molecule is NC(C1CCOCC1)C1CCOC2(CCCC2)C1. The van der Waals surface area contributed by atoms with Crippen LogP contribution in [0.3, 0.4) is 0 Å². The van der Waals surface area contributed by atoms with Crippen LogP contribution in [0, 0.1) is 11.8 Å². The van der Waals surface area contributed by atoms with E-state index < -0.39 is 0 Å². The van der Waals surface area contributed by atoms with Gasteiger partial charge in [0.25, 0.3) is 0 Å². The highest BCUT2D eigenvalue weighted by molar-refractivity contribution is 4.95. The molecule has 3 nitrogen and oxygen atoms in total. The summed E-state index contributed by atoms with van der Waals surface area (Å²) in [6.45, 7) is 2.75. The molecule has 0 radical (unpaired) electrons. The van der Waals surface area contributed by atoms with E-state index in [1.807, 2.05) is 0 Å². The van der Waals surface area contributed by atoms with E-state index in [4.69, 9.17) is 15.2 Å². The molecular formula is C15H27NO2. The van der Waals surface area contributed by atoms with E-state index in [-0.39, 0.29) is 5.60 Å². The molecule has 0 bridgehead atoms. The van der Waals surface area contributed by atoms with Crippen LogP contribution in [-0.2, 0) is 9.47 Å². The summed E-state index contributed by atoms with van der Waals surface area (Å²) >= 11 is 0. The molecule has 2 unspecified atom stereocenters. The monoisotopic (exact) mass is 253 g/mol. The van der Waals surface area contributed by atoms with Crippen molar-refractivity contribution in [3.05, 3.63) is 0 Å². The summed E-state index contributed by atoms with van der Waals surface area (Å²) < 4.78 is 11.6. The number of ether oxygens (including phenoxy) is 2. The Morgan fingerprint density at radius 1 is 0.944 bits per heavy atom. The fourth-order valence-electron chi connectivity index (χ4n) is 4.25. The number of nitrogens with two attached hydrogens (primary N) is 1. The van der Waals surface area contributed by atoms with Crippen LogP contribution in [0.1, 0.15) is 51.4 Å². The molecule has 104 valence electrons. The summed E-state index contributed by atoms with van der Waals surface area (Å²) in [7, 11) is 0. The van der Waals surface area contributed by atoms with Crippen LogP contribution in [-0.4, -0.2) is 31.5 Å². The Morgan fingerprint density at radius 2 is 1.61 bits per heavy atom. The minimum atomic E-state index is 0.214. The molecule has 2 atom stereocenters. The van der Waals surface area contributed by atoms with E-state index in [0.29, 0.717) is 17.9 Å². The normalized spacial score (nSPS) is 34.8. The second-order valence-corrected chi connectivity index (χ2v) is 6.52. The Hall–Kier alpha value is -0.120. The molecule has 18 heavy (non-hydrogen) atoms. The van der Waals surface area contributed by atoms with E-state index in [2.05, 4.69) is 0 Å². The zero-order chi connectivity index (χ0) is 12.4. The molecule has 2 N–H and O–H groups in total. The van der Waals surface area contributed by atoms with Gasteiger partial charge in [0.15, 0.2) is 0 Å². The lowest BCUT2D eigenvalue weighted by molar-refractivity contribution is -0.101. The van der Waals surface area contributed by atoms with Crippen LogP contribution in [0.5, 0.6) is 0 Å². The van der Waals surface area contributed by atoms with Crippen molar-refractivity contribution in [3.8, 4) is 0 Å². The summed E-state index contributed by atoms with van der Waals surface area (Å²) in [5.74, 6) is 1.36. The van der Waals surface area contributed by atoms with Crippen molar-refractivity contribution in [2.24, 2.45) is 17.6 Å². The summed E-state index contributed by atoms with van der Waals surface area (Å²) in [5, 5.41) is 0. The Balaban J connectivity index is 1.60. The van der Waals surface area contributed by atoms with Crippen molar-refractivity contribution >= 4 is 0 Å². The van der Waals surface area contributed by atoms with Crippen LogP contribution in [0.2, 0.25) is 0 Å². The van der Waals surface area contributed by atoms with E-state index in [1.54, 1.807) is 0 Å². The van der Waals surface area contributed by atoms with Gasteiger partial charge in [-0.15, -0.1) is 0 Å². The van der Waals surface area contributed by atoms with Crippen LogP contribution >= 0.6 is 0 Å².